The average Bonchev–Trinajstić information content (AvgIpc) is 2.70. The molecular weight excluding hydrogens is 472 g/mol. The Morgan fingerprint density at radius 1 is 1.16 bits per heavy atom. The van der Waals surface area contributed by atoms with Crippen molar-refractivity contribution in [2.75, 3.05) is 0 Å². The Bertz CT molecular complexity index is 1050. The molecule has 3 nitrogen and oxygen atoms in total. The zero-order valence-electron chi connectivity index (χ0n) is 19.3. The van der Waals surface area contributed by atoms with Gasteiger partial charge in [-0.2, -0.15) is 0 Å². The molecule has 0 saturated carbocycles. The van der Waals surface area contributed by atoms with Gasteiger partial charge in [-0.05, 0) is 87.8 Å². The van der Waals surface area contributed by atoms with E-state index in [-0.39, 0.29) is 10.3 Å². The van der Waals surface area contributed by atoms with E-state index in [1.54, 1.807) is 38.1 Å². The smallest absolute Gasteiger partial charge is 0.192 e. The van der Waals surface area contributed by atoms with Crippen LogP contribution in [0.2, 0.25) is 0 Å². The Balaban J connectivity index is 2.49. The lowest BCUT2D eigenvalue weighted by atomic mass is 9.72. The number of allylic oxidation sites excluding steroid dienone is 7. The van der Waals surface area contributed by atoms with Gasteiger partial charge in [-0.15, -0.1) is 0 Å². The zero-order valence-corrected chi connectivity index (χ0v) is 21.7. The van der Waals surface area contributed by atoms with Crippen LogP contribution in [0.4, 0.5) is 0 Å². The number of rotatable bonds is 7. The highest BCUT2D eigenvalue weighted by Gasteiger charge is 2.33. The van der Waals surface area contributed by atoms with Crippen molar-refractivity contribution in [1.82, 2.24) is 0 Å². The van der Waals surface area contributed by atoms with Crippen molar-refractivity contribution in [3.8, 4) is 0 Å². The molecule has 1 unspecified atom stereocenters. The van der Waals surface area contributed by atoms with E-state index in [9.17, 15) is 13.2 Å². The molecule has 0 heterocycles. The minimum Gasteiger partial charge on any atom is -0.293 e. The van der Waals surface area contributed by atoms with Crippen LogP contribution in [0.3, 0.4) is 0 Å². The summed E-state index contributed by atoms with van der Waals surface area (Å²) in [6.07, 6.45) is 10.7. The first-order valence-corrected chi connectivity index (χ1v) is 13.0. The second kappa shape index (κ2) is 10.3. The minimum absolute atomic E-state index is 0.0966. The molecule has 2 rings (SSSR count). The van der Waals surface area contributed by atoms with Gasteiger partial charge in [-0.3, -0.25) is 4.79 Å². The van der Waals surface area contributed by atoms with Gasteiger partial charge in [0.1, 0.15) is 5.25 Å². The summed E-state index contributed by atoms with van der Waals surface area (Å²) in [7, 11) is -3.88. The molecule has 0 bridgehead atoms. The third kappa shape index (κ3) is 6.17. The standard InChI is InChI=1S/C26H33BrO3S/c1-7-19(3)25(28)24(31(29,30)22-13-11-21(27)12-14-22)17-18(2)10-15-23-20(4)9-8-16-26(23,5)6/h7,10-15,17,24H,8-9,16H2,1-6H3. The van der Waals surface area contributed by atoms with Gasteiger partial charge < -0.3 is 0 Å². The predicted octanol–water partition coefficient (Wildman–Crippen LogP) is 7.16. The van der Waals surface area contributed by atoms with Crippen LogP contribution in [0.1, 0.15) is 60.8 Å². The summed E-state index contributed by atoms with van der Waals surface area (Å²) in [6, 6.07) is 6.41. The van der Waals surface area contributed by atoms with E-state index in [0.29, 0.717) is 5.57 Å². The van der Waals surface area contributed by atoms with E-state index in [2.05, 4.69) is 42.8 Å². The quantitative estimate of drug-likeness (QED) is 0.292. The fourth-order valence-electron chi connectivity index (χ4n) is 3.96. The summed E-state index contributed by atoms with van der Waals surface area (Å²) in [5.41, 5.74) is 3.96. The number of hydrogen-bond acceptors (Lipinski definition) is 3. The third-order valence-electron chi connectivity index (χ3n) is 6.03. The Labute approximate surface area is 196 Å². The van der Waals surface area contributed by atoms with Crippen LogP contribution in [-0.4, -0.2) is 19.5 Å². The van der Waals surface area contributed by atoms with Crippen molar-refractivity contribution in [1.29, 1.82) is 0 Å². The number of carbonyl (C=O) groups is 1. The lowest BCUT2D eigenvalue weighted by molar-refractivity contribution is -0.114. The molecule has 0 spiro atoms. The number of halogens is 1. The molecule has 0 saturated heterocycles. The molecule has 168 valence electrons. The molecule has 1 atom stereocenters. The molecule has 0 fully saturated rings. The third-order valence-corrected chi connectivity index (χ3v) is 8.50. The number of hydrogen-bond donors (Lipinski definition) is 0. The van der Waals surface area contributed by atoms with Crippen molar-refractivity contribution in [3.05, 3.63) is 75.3 Å². The lowest BCUT2D eigenvalue weighted by Crippen LogP contribution is -2.29. The van der Waals surface area contributed by atoms with Gasteiger partial charge in [-0.25, -0.2) is 8.42 Å². The van der Waals surface area contributed by atoms with Crippen LogP contribution >= 0.6 is 15.9 Å². The maximum absolute atomic E-state index is 13.4. The molecule has 1 aromatic rings. The molecule has 0 aromatic heterocycles. The second-order valence-electron chi connectivity index (χ2n) is 8.93. The van der Waals surface area contributed by atoms with E-state index in [1.165, 1.54) is 29.7 Å². The van der Waals surface area contributed by atoms with Crippen LogP contribution in [-0.2, 0) is 14.6 Å². The Hall–Kier alpha value is -1.72. The monoisotopic (exact) mass is 504 g/mol. The van der Waals surface area contributed by atoms with Crippen LogP contribution in [0.5, 0.6) is 0 Å². The first kappa shape index (κ1) is 25.5. The van der Waals surface area contributed by atoms with Crippen molar-refractivity contribution < 1.29 is 13.2 Å². The van der Waals surface area contributed by atoms with Gasteiger partial charge >= 0.3 is 0 Å². The number of Topliss-reactive ketones (excluding diaryl/α,β-unsaturated/α-hetero) is 1. The lowest BCUT2D eigenvalue weighted by Gasteiger charge is -2.33. The number of carbonyl (C=O) groups excluding carboxylic acids is 1. The Morgan fingerprint density at radius 2 is 1.77 bits per heavy atom. The Morgan fingerprint density at radius 3 is 2.32 bits per heavy atom. The highest BCUT2D eigenvalue weighted by Crippen LogP contribution is 2.40. The summed E-state index contributed by atoms with van der Waals surface area (Å²) in [6.45, 7) is 11.9. The molecule has 1 aromatic carbocycles. The highest BCUT2D eigenvalue weighted by atomic mass is 79.9. The first-order chi connectivity index (χ1) is 14.4. The van der Waals surface area contributed by atoms with Crippen molar-refractivity contribution in [3.63, 3.8) is 0 Å². The summed E-state index contributed by atoms with van der Waals surface area (Å²) in [5.74, 6) is -0.397. The maximum atomic E-state index is 13.4. The summed E-state index contributed by atoms with van der Waals surface area (Å²) in [5, 5.41) is -1.26. The first-order valence-electron chi connectivity index (χ1n) is 10.6. The summed E-state index contributed by atoms with van der Waals surface area (Å²) < 4.78 is 27.5. The molecular formula is C26H33BrO3S. The number of sulfone groups is 1. The van der Waals surface area contributed by atoms with Crippen LogP contribution in [0.15, 0.2) is 80.2 Å². The van der Waals surface area contributed by atoms with E-state index < -0.39 is 20.9 Å². The van der Waals surface area contributed by atoms with Crippen molar-refractivity contribution >= 4 is 31.6 Å². The Kier molecular flexibility index (Phi) is 8.46. The number of benzene rings is 1. The van der Waals surface area contributed by atoms with Crippen LogP contribution in [0, 0.1) is 5.41 Å². The molecule has 31 heavy (non-hydrogen) atoms. The zero-order chi connectivity index (χ0) is 23.4. The van der Waals surface area contributed by atoms with Gasteiger partial charge in [0.15, 0.2) is 15.6 Å². The normalized spacial score (nSPS) is 19.1. The van der Waals surface area contributed by atoms with Crippen molar-refractivity contribution in [2.45, 2.75) is 71.0 Å². The fourth-order valence-corrected chi connectivity index (χ4v) is 5.90. The van der Waals surface area contributed by atoms with Gasteiger partial charge in [0, 0.05) is 4.47 Å². The van der Waals surface area contributed by atoms with E-state index in [1.807, 2.05) is 13.0 Å². The molecule has 0 radical (unpaired) electrons. The van der Waals surface area contributed by atoms with Gasteiger partial charge in [-0.1, -0.05) is 65.2 Å². The average molecular weight is 506 g/mol. The molecule has 1 aliphatic carbocycles. The highest BCUT2D eigenvalue weighted by molar-refractivity contribution is 9.10. The largest absolute Gasteiger partial charge is 0.293 e. The molecule has 0 amide bonds. The summed E-state index contributed by atoms with van der Waals surface area (Å²) >= 11 is 3.33. The predicted molar refractivity (Wildman–Crippen MR) is 133 cm³/mol. The molecule has 0 N–H and O–H groups in total. The fraction of sp³-hybridized carbons (Fsp3) is 0.423. The van der Waals surface area contributed by atoms with Gasteiger partial charge in [0.25, 0.3) is 0 Å². The topological polar surface area (TPSA) is 51.2 Å². The van der Waals surface area contributed by atoms with Crippen molar-refractivity contribution in [2.24, 2.45) is 5.41 Å². The minimum atomic E-state index is -3.88. The van der Waals surface area contributed by atoms with E-state index in [0.717, 1.165) is 22.9 Å². The second-order valence-corrected chi connectivity index (χ2v) is 11.9. The van der Waals surface area contributed by atoms with Gasteiger partial charge in [0.05, 0.1) is 4.90 Å². The molecule has 0 aliphatic heterocycles. The van der Waals surface area contributed by atoms with Crippen LogP contribution in [0.25, 0.3) is 0 Å². The summed E-state index contributed by atoms with van der Waals surface area (Å²) in [4.78, 5) is 13.2. The number of ketones is 1. The maximum Gasteiger partial charge on any atom is 0.192 e. The SMILES string of the molecule is CC=C(C)C(=O)C(C=C(C)C=CC1=C(C)CCCC1(C)C)S(=O)(=O)c1ccc(Br)cc1. The molecule has 1 aliphatic rings. The molecule has 5 heteroatoms. The van der Waals surface area contributed by atoms with Crippen LogP contribution < -0.4 is 0 Å². The van der Waals surface area contributed by atoms with Gasteiger partial charge in [0.2, 0.25) is 0 Å². The van der Waals surface area contributed by atoms with E-state index >= 15 is 0 Å². The van der Waals surface area contributed by atoms with E-state index in [4.69, 9.17) is 0 Å².